The van der Waals surface area contributed by atoms with E-state index in [1.54, 1.807) is 13.8 Å². The lowest BCUT2D eigenvalue weighted by molar-refractivity contribution is -0.143. The molecule has 12 nitrogen and oxygen atoms in total. The highest BCUT2D eigenvalue weighted by molar-refractivity contribution is 5.96. The summed E-state index contributed by atoms with van der Waals surface area (Å²) in [5, 5.41) is 28.1. The van der Waals surface area contributed by atoms with Gasteiger partial charge in [-0.1, -0.05) is 13.8 Å². The number of primary amides is 1. The highest BCUT2D eigenvalue weighted by Gasteiger charge is 2.32. The molecule has 1 aliphatic rings. The fourth-order valence-corrected chi connectivity index (χ4v) is 3.02. The molecule has 0 aromatic rings. The number of carbonyl (C=O) groups is 5. The zero-order valence-electron chi connectivity index (χ0n) is 17.1. The SMILES string of the molecule is CC(C)CC(NC(=O)C(CC(N)=O)NC(=O)C1CCCN1)C(=O)NC(CO)C(=O)O. The molecule has 170 valence electrons. The molecule has 30 heavy (non-hydrogen) atoms. The first-order chi connectivity index (χ1) is 14.0. The van der Waals surface area contributed by atoms with Crippen LogP contribution in [0.3, 0.4) is 0 Å². The van der Waals surface area contributed by atoms with Gasteiger partial charge in [-0.15, -0.1) is 0 Å². The third-order valence-corrected chi connectivity index (χ3v) is 4.55. The summed E-state index contributed by atoms with van der Waals surface area (Å²) in [6.07, 6.45) is 1.09. The van der Waals surface area contributed by atoms with Gasteiger partial charge in [-0.3, -0.25) is 19.2 Å². The number of amides is 4. The summed E-state index contributed by atoms with van der Waals surface area (Å²) in [4.78, 5) is 59.9. The average molecular weight is 429 g/mol. The summed E-state index contributed by atoms with van der Waals surface area (Å²) in [5.41, 5.74) is 5.19. The molecule has 1 heterocycles. The van der Waals surface area contributed by atoms with Crippen LogP contribution >= 0.6 is 0 Å². The van der Waals surface area contributed by atoms with Crippen LogP contribution in [0.5, 0.6) is 0 Å². The molecular weight excluding hydrogens is 398 g/mol. The molecule has 8 N–H and O–H groups in total. The largest absolute Gasteiger partial charge is 0.480 e. The number of aliphatic carboxylic acids is 1. The third kappa shape index (κ3) is 8.33. The molecule has 0 aliphatic carbocycles. The second kappa shape index (κ2) is 12.1. The van der Waals surface area contributed by atoms with Gasteiger partial charge in [-0.25, -0.2) is 4.79 Å². The summed E-state index contributed by atoms with van der Waals surface area (Å²) >= 11 is 0. The Morgan fingerprint density at radius 2 is 1.63 bits per heavy atom. The van der Waals surface area contributed by atoms with Crippen LogP contribution in [-0.2, 0) is 24.0 Å². The van der Waals surface area contributed by atoms with Crippen LogP contribution in [0.4, 0.5) is 0 Å². The molecule has 1 aliphatic heterocycles. The number of hydrogen-bond acceptors (Lipinski definition) is 7. The van der Waals surface area contributed by atoms with Crippen molar-refractivity contribution in [3.8, 4) is 0 Å². The fourth-order valence-electron chi connectivity index (χ4n) is 3.02. The molecule has 0 aromatic heterocycles. The van der Waals surface area contributed by atoms with Crippen molar-refractivity contribution in [2.45, 2.75) is 63.7 Å². The van der Waals surface area contributed by atoms with E-state index in [4.69, 9.17) is 15.9 Å². The van der Waals surface area contributed by atoms with E-state index in [-0.39, 0.29) is 12.3 Å². The lowest BCUT2D eigenvalue weighted by Gasteiger charge is -2.25. The van der Waals surface area contributed by atoms with Crippen LogP contribution < -0.4 is 27.0 Å². The van der Waals surface area contributed by atoms with Crippen molar-refractivity contribution < 1.29 is 34.2 Å². The van der Waals surface area contributed by atoms with Crippen molar-refractivity contribution in [2.24, 2.45) is 11.7 Å². The van der Waals surface area contributed by atoms with Gasteiger partial charge in [0.05, 0.1) is 19.1 Å². The maximum absolute atomic E-state index is 12.7. The fraction of sp³-hybridized carbons (Fsp3) is 0.722. The second-order valence-corrected chi connectivity index (χ2v) is 7.65. The van der Waals surface area contributed by atoms with Crippen LogP contribution in [-0.4, -0.2) is 77.1 Å². The Labute approximate surface area is 174 Å². The highest BCUT2D eigenvalue weighted by atomic mass is 16.4. The maximum atomic E-state index is 12.7. The number of rotatable bonds is 12. The molecule has 4 unspecified atom stereocenters. The average Bonchev–Trinajstić information content (AvgIpc) is 3.18. The van der Waals surface area contributed by atoms with E-state index in [2.05, 4.69) is 21.3 Å². The topological polar surface area (TPSA) is 200 Å². The molecule has 0 aromatic carbocycles. The zero-order valence-corrected chi connectivity index (χ0v) is 17.1. The van der Waals surface area contributed by atoms with Crippen molar-refractivity contribution in [1.29, 1.82) is 0 Å². The predicted molar refractivity (Wildman–Crippen MR) is 105 cm³/mol. The Morgan fingerprint density at radius 3 is 2.10 bits per heavy atom. The lowest BCUT2D eigenvalue weighted by Crippen LogP contribution is -2.58. The minimum Gasteiger partial charge on any atom is -0.480 e. The van der Waals surface area contributed by atoms with Crippen LogP contribution in [0.1, 0.15) is 39.5 Å². The number of aliphatic hydroxyl groups excluding tert-OH is 1. The summed E-state index contributed by atoms with van der Waals surface area (Å²) < 4.78 is 0. The van der Waals surface area contributed by atoms with E-state index in [0.717, 1.165) is 6.42 Å². The van der Waals surface area contributed by atoms with Crippen molar-refractivity contribution in [3.05, 3.63) is 0 Å². The molecule has 12 heteroatoms. The number of carboxylic acid groups (broad SMARTS) is 1. The van der Waals surface area contributed by atoms with E-state index in [1.807, 2.05) is 0 Å². The van der Waals surface area contributed by atoms with Gasteiger partial charge in [0, 0.05) is 0 Å². The van der Waals surface area contributed by atoms with Gasteiger partial charge in [0.2, 0.25) is 23.6 Å². The first-order valence-electron chi connectivity index (χ1n) is 9.81. The second-order valence-electron chi connectivity index (χ2n) is 7.65. The first kappa shape index (κ1) is 25.3. The molecule has 4 amide bonds. The summed E-state index contributed by atoms with van der Waals surface area (Å²) in [7, 11) is 0. The summed E-state index contributed by atoms with van der Waals surface area (Å²) in [6, 6.07) is -4.43. The van der Waals surface area contributed by atoms with Crippen molar-refractivity contribution >= 4 is 29.6 Å². The summed E-state index contributed by atoms with van der Waals surface area (Å²) in [6.45, 7) is 3.43. The molecule has 1 saturated heterocycles. The van der Waals surface area contributed by atoms with Gasteiger partial charge in [0.15, 0.2) is 0 Å². The Morgan fingerprint density at radius 1 is 1.03 bits per heavy atom. The number of carbonyl (C=O) groups excluding carboxylic acids is 4. The van der Waals surface area contributed by atoms with Gasteiger partial charge in [0.1, 0.15) is 18.1 Å². The predicted octanol–water partition coefficient (Wildman–Crippen LogP) is -2.81. The van der Waals surface area contributed by atoms with Crippen molar-refractivity contribution in [3.63, 3.8) is 0 Å². The van der Waals surface area contributed by atoms with Crippen molar-refractivity contribution in [2.75, 3.05) is 13.2 Å². The van der Waals surface area contributed by atoms with E-state index >= 15 is 0 Å². The monoisotopic (exact) mass is 429 g/mol. The van der Waals surface area contributed by atoms with E-state index in [0.29, 0.717) is 13.0 Å². The molecule has 0 spiro atoms. The Hall–Kier alpha value is -2.73. The highest BCUT2D eigenvalue weighted by Crippen LogP contribution is 2.08. The third-order valence-electron chi connectivity index (χ3n) is 4.55. The lowest BCUT2D eigenvalue weighted by atomic mass is 10.0. The van der Waals surface area contributed by atoms with Gasteiger partial charge < -0.3 is 37.2 Å². The molecule has 1 rings (SSSR count). The van der Waals surface area contributed by atoms with Gasteiger partial charge in [-0.05, 0) is 31.7 Å². The normalized spacial score (nSPS) is 18.9. The molecule has 4 atom stereocenters. The van der Waals surface area contributed by atoms with Crippen LogP contribution in [0.2, 0.25) is 0 Å². The number of nitrogens with one attached hydrogen (secondary N) is 4. The van der Waals surface area contributed by atoms with E-state index < -0.39 is 66.8 Å². The first-order valence-corrected chi connectivity index (χ1v) is 9.81. The minimum atomic E-state index is -1.53. The molecular formula is C18H31N5O7. The molecule has 0 saturated carbocycles. The van der Waals surface area contributed by atoms with Gasteiger partial charge >= 0.3 is 5.97 Å². The van der Waals surface area contributed by atoms with E-state index in [1.165, 1.54) is 0 Å². The van der Waals surface area contributed by atoms with Crippen LogP contribution in [0.15, 0.2) is 0 Å². The van der Waals surface area contributed by atoms with Gasteiger partial charge in [-0.2, -0.15) is 0 Å². The minimum absolute atomic E-state index is 0.0506. The molecule has 0 bridgehead atoms. The Bertz CT molecular complexity index is 649. The standard InChI is InChI=1S/C18H31N5O7/c1-9(2)6-11(16(27)23-13(8-24)18(29)30)21-17(28)12(7-14(19)25)22-15(26)10-4-3-5-20-10/h9-13,20,24H,3-8H2,1-2H3,(H2,19,25)(H,21,28)(H,22,26)(H,23,27)(H,29,30). The number of carboxylic acids is 1. The van der Waals surface area contributed by atoms with Gasteiger partial charge in [0.25, 0.3) is 0 Å². The number of aliphatic hydroxyl groups is 1. The Balaban J connectivity index is 2.89. The molecule has 1 fully saturated rings. The number of nitrogens with two attached hydrogens (primary N) is 1. The Kier molecular flexibility index (Phi) is 10.2. The quantitative estimate of drug-likeness (QED) is 0.172. The number of hydrogen-bond donors (Lipinski definition) is 7. The smallest absolute Gasteiger partial charge is 0.328 e. The van der Waals surface area contributed by atoms with Crippen molar-refractivity contribution in [1.82, 2.24) is 21.3 Å². The van der Waals surface area contributed by atoms with E-state index in [9.17, 15) is 24.0 Å². The summed E-state index contributed by atoms with van der Waals surface area (Å²) in [5.74, 6) is -4.35. The molecule has 0 radical (unpaired) electrons. The van der Waals surface area contributed by atoms with Crippen LogP contribution in [0, 0.1) is 5.92 Å². The maximum Gasteiger partial charge on any atom is 0.328 e. The zero-order chi connectivity index (χ0) is 22.8. The van der Waals surface area contributed by atoms with Crippen LogP contribution in [0.25, 0.3) is 0 Å².